The van der Waals surface area contributed by atoms with Gasteiger partial charge in [-0.2, -0.15) is 0 Å². The van der Waals surface area contributed by atoms with E-state index in [-0.39, 0.29) is 58.4 Å². The quantitative estimate of drug-likeness (QED) is 0.176. The summed E-state index contributed by atoms with van der Waals surface area (Å²) in [5, 5.41) is 20.2. The van der Waals surface area contributed by atoms with E-state index in [1.165, 1.54) is 10.9 Å². The maximum Gasteiger partial charge on any atom is 3.00 e. The third-order valence-electron chi connectivity index (χ3n) is 3.60. The molecule has 2 aromatic heterocycles. The van der Waals surface area contributed by atoms with E-state index in [0.717, 1.165) is 6.33 Å². The van der Waals surface area contributed by atoms with Crippen LogP contribution in [0.4, 0.5) is 5.82 Å². The minimum absolute atomic E-state index is 0. The van der Waals surface area contributed by atoms with Gasteiger partial charge < -0.3 is 69.1 Å². The number of imidazole rings is 1. The van der Waals surface area contributed by atoms with Gasteiger partial charge in [0.25, 0.3) is 7.82 Å². The molecule has 1 unspecified atom stereocenters. The van der Waals surface area contributed by atoms with Crippen molar-refractivity contribution in [3.63, 3.8) is 0 Å². The average Bonchev–Trinajstić information content (AvgIpc) is 3.07. The third kappa shape index (κ3) is 7.71. The average molecular weight is 551 g/mol. The van der Waals surface area contributed by atoms with Gasteiger partial charge in [-0.15, -0.1) is 0 Å². The molecule has 1 aliphatic heterocycles. The Balaban J connectivity index is -0.00000168. The van der Waals surface area contributed by atoms with E-state index in [2.05, 4.69) is 23.8 Å². The second kappa shape index (κ2) is 12.9. The van der Waals surface area contributed by atoms with Crippen LogP contribution in [0, 0.1) is 0 Å². The number of aromatic nitrogens is 4. The maximum atomic E-state index is 11.3. The van der Waals surface area contributed by atoms with Crippen LogP contribution in [0.5, 0.6) is 0 Å². The van der Waals surface area contributed by atoms with Gasteiger partial charge in [0.2, 0.25) is 0 Å². The Kier molecular flexibility index (Phi) is 14.3. The van der Waals surface area contributed by atoms with E-state index in [0.29, 0.717) is 0 Å². The number of nitrogens with two attached hydrogens (primary N) is 1. The smallest absolute Gasteiger partial charge is 0.790 e. The van der Waals surface area contributed by atoms with Crippen molar-refractivity contribution < 1.29 is 64.4 Å². The number of hydrogen-bond donors (Lipinski definition) is 7. The molecule has 0 saturated carbocycles. The molecule has 1 saturated heterocycles. The number of aliphatic hydroxyl groups is 2. The predicted molar refractivity (Wildman–Crippen MR) is 98.0 cm³/mol. The van der Waals surface area contributed by atoms with Gasteiger partial charge in [-0.25, -0.2) is 15.0 Å². The van der Waals surface area contributed by atoms with Gasteiger partial charge in [0.05, 0.1) is 20.8 Å². The van der Waals surface area contributed by atoms with Crippen molar-refractivity contribution in [2.75, 3.05) is 12.3 Å². The number of aliphatic hydroxyl groups excluding tert-OH is 2. The van der Waals surface area contributed by atoms with E-state index in [1.807, 2.05) is 0 Å². The predicted octanol–water partition coefficient (Wildman–Crippen LogP) is -3.00. The largest absolute Gasteiger partial charge is 3.00 e. The normalized spacial score (nSPS) is 24.0. The molecule has 1 aliphatic rings. The fourth-order valence-corrected chi connectivity index (χ4v) is 3.96. The van der Waals surface area contributed by atoms with E-state index in [9.17, 15) is 34.0 Å². The van der Waals surface area contributed by atoms with Crippen molar-refractivity contribution in [3.8, 4) is 0 Å². The van der Waals surface area contributed by atoms with Crippen LogP contribution in [-0.4, -0.2) is 54.7 Å². The molecule has 1 fully saturated rings. The van der Waals surface area contributed by atoms with Crippen LogP contribution < -0.4 is 45.0 Å². The fourth-order valence-electron chi connectivity index (χ4n) is 2.46. The van der Waals surface area contributed by atoms with Crippen molar-refractivity contribution in [1.82, 2.24) is 44.1 Å². The number of ether oxygens (including phenoxy) is 1. The van der Waals surface area contributed by atoms with Gasteiger partial charge in [0, 0.05) is 0 Å². The second-order valence-electron chi connectivity index (χ2n) is 5.40. The van der Waals surface area contributed by atoms with E-state index < -0.39 is 46.8 Å². The number of rotatable bonds is 6. The van der Waals surface area contributed by atoms with Gasteiger partial charge in [0.1, 0.15) is 30.2 Å². The van der Waals surface area contributed by atoms with Gasteiger partial charge in [-0.1, -0.05) is 0 Å². The molecule has 2 aromatic rings. The van der Waals surface area contributed by atoms with Gasteiger partial charge in [0.15, 0.2) is 17.7 Å². The monoisotopic (exact) mass is 551 g/mol. The maximum absolute atomic E-state index is 11.3. The molecule has 0 bridgehead atoms. The van der Waals surface area contributed by atoms with Crippen molar-refractivity contribution in [1.29, 1.82) is 0 Å². The van der Waals surface area contributed by atoms with Crippen LogP contribution in [0.25, 0.3) is 11.2 Å². The molecule has 22 heteroatoms. The topological polar surface area (TPSA) is 381 Å². The molecule has 16 N–H and O–H groups in total. The summed E-state index contributed by atoms with van der Waals surface area (Å²) in [6, 6.07) is 0. The molecule has 0 aromatic carbocycles. The second-order valence-corrected chi connectivity index (χ2v) is 8.10. The van der Waals surface area contributed by atoms with E-state index in [4.69, 9.17) is 10.5 Å². The fraction of sp³-hybridized carbons (Fsp3) is 0.500. The zero-order valence-electron chi connectivity index (χ0n) is 16.3. The van der Waals surface area contributed by atoms with E-state index in [1.54, 1.807) is 0 Å². The molecule has 0 spiro atoms. The Morgan fingerprint density at radius 2 is 1.69 bits per heavy atom. The molecule has 5 atom stereocenters. The Hall–Kier alpha value is -1.16. The van der Waals surface area contributed by atoms with Crippen molar-refractivity contribution >= 4 is 32.6 Å². The zero-order chi connectivity index (χ0) is 20.0. The third-order valence-corrected chi connectivity index (χ3v) is 5.66. The van der Waals surface area contributed by atoms with Crippen molar-refractivity contribution in [2.45, 2.75) is 24.5 Å². The van der Waals surface area contributed by atoms with Gasteiger partial charge in [-0.05, 0) is 0 Å². The van der Waals surface area contributed by atoms with Crippen molar-refractivity contribution in [3.05, 3.63) is 12.7 Å². The molecule has 0 aliphatic carbocycles. The molecular formula is C10H24CoN9O10P2. The summed E-state index contributed by atoms with van der Waals surface area (Å²) in [6.07, 6.45) is -3.48. The van der Waals surface area contributed by atoms with Gasteiger partial charge >= 0.3 is 16.8 Å². The number of nitrogens with zero attached hydrogens (tertiary/aromatic N) is 4. The van der Waals surface area contributed by atoms with E-state index >= 15 is 0 Å². The minimum Gasteiger partial charge on any atom is -0.790 e. The summed E-state index contributed by atoms with van der Waals surface area (Å²) in [6.45, 7) is -0.931. The number of fused-ring (bicyclic) bond motifs is 1. The first-order valence-corrected chi connectivity index (χ1v) is 10.0. The van der Waals surface area contributed by atoms with Crippen LogP contribution in [0.2, 0.25) is 0 Å². The SMILES string of the molecule is N.N.N.N.Nc1ncnc2c1ncn2[C@@H]1O[C@H](COP(=O)([O-])OP(=O)([O-])[O-])[C@@H](O)[C@H]1O.[Co+3]. The summed E-state index contributed by atoms with van der Waals surface area (Å²) in [5.41, 5.74) is 6.04. The summed E-state index contributed by atoms with van der Waals surface area (Å²) >= 11 is 0. The van der Waals surface area contributed by atoms with Crippen LogP contribution in [-0.2, 0) is 39.5 Å². The Labute approximate surface area is 191 Å². The molecule has 0 amide bonds. The Morgan fingerprint density at radius 1 is 1.09 bits per heavy atom. The van der Waals surface area contributed by atoms with Crippen LogP contribution in [0.15, 0.2) is 12.7 Å². The van der Waals surface area contributed by atoms with Crippen LogP contribution >= 0.6 is 15.6 Å². The van der Waals surface area contributed by atoms with Crippen LogP contribution in [0.3, 0.4) is 0 Å². The molecule has 3 rings (SSSR count). The standard InChI is InChI=1S/C10H15N5O10P2.Co.4H3N/c11-8-5-9(13-2-12-8)15(3-14-5)10-7(17)6(16)4(24-10)1-23-27(21,22)25-26(18,19)20;;;;;/h2-4,6-7,10,16-17H,1H2,(H,21,22)(H2,11,12,13)(H2,18,19,20);;4*1H3/q;+3;;;;/p-3/t4-,6-,7-,10-;;;;;/m1...../s1. The summed E-state index contributed by atoms with van der Waals surface area (Å²) in [5.74, 6) is 0.0655. The molecule has 188 valence electrons. The first-order valence-electron chi connectivity index (χ1n) is 7.12. The summed E-state index contributed by atoms with van der Waals surface area (Å²) < 4.78 is 35.7. The van der Waals surface area contributed by atoms with Gasteiger partial charge in [-0.3, -0.25) is 13.4 Å². The minimum atomic E-state index is -5.85. The number of phosphoric ester groups is 1. The Bertz CT molecular complexity index is 947. The first-order chi connectivity index (χ1) is 12.5. The molecule has 19 nitrogen and oxygen atoms in total. The Morgan fingerprint density at radius 3 is 2.25 bits per heavy atom. The molecule has 0 radical (unpaired) electrons. The summed E-state index contributed by atoms with van der Waals surface area (Å²) in [4.78, 5) is 43.7. The summed E-state index contributed by atoms with van der Waals surface area (Å²) in [7, 11) is -11.4. The number of anilines is 1. The first kappa shape index (κ1) is 35.4. The number of hydrogen-bond acceptors (Lipinski definition) is 18. The van der Waals surface area contributed by atoms with Crippen molar-refractivity contribution in [2.24, 2.45) is 0 Å². The molecular weight excluding hydrogens is 527 g/mol. The zero-order valence-corrected chi connectivity index (χ0v) is 19.1. The molecule has 3 heterocycles. The van der Waals surface area contributed by atoms with Crippen LogP contribution in [0.1, 0.15) is 6.23 Å². The number of phosphoric acid groups is 2. The molecule has 32 heavy (non-hydrogen) atoms. The number of nitrogen functional groups attached to an aromatic ring is 1.